The maximum absolute atomic E-state index is 6.84. The highest BCUT2D eigenvalue weighted by Gasteiger charge is 2.39. The summed E-state index contributed by atoms with van der Waals surface area (Å²) in [6.45, 7) is 18.7. The molecule has 0 amide bonds. The van der Waals surface area contributed by atoms with Gasteiger partial charge in [0.1, 0.15) is 0 Å². The third-order valence-electron chi connectivity index (χ3n) is 6.39. The Morgan fingerprint density at radius 2 is 1.45 bits per heavy atom. The molecule has 29 heavy (non-hydrogen) atoms. The summed E-state index contributed by atoms with van der Waals surface area (Å²) in [6.07, 6.45) is 5.83. The van der Waals surface area contributed by atoms with Crippen LogP contribution in [0.4, 0.5) is 0 Å². The number of allylic oxidation sites excluding steroid dienone is 1. The van der Waals surface area contributed by atoms with Gasteiger partial charge in [-0.25, -0.2) is 0 Å². The van der Waals surface area contributed by atoms with Gasteiger partial charge in [0.2, 0.25) is 0 Å². The predicted molar refractivity (Wildman–Crippen MR) is 134 cm³/mol. The van der Waals surface area contributed by atoms with Gasteiger partial charge in [0.25, 0.3) is 0 Å². The van der Waals surface area contributed by atoms with Crippen molar-refractivity contribution < 1.29 is 4.43 Å². The van der Waals surface area contributed by atoms with Crippen LogP contribution in [-0.4, -0.2) is 16.4 Å². The van der Waals surface area contributed by atoms with E-state index in [1.54, 1.807) is 0 Å². The molecule has 0 heterocycles. The molecular formula is C26H40OSi2. The maximum atomic E-state index is 6.84. The number of hydrogen-bond acceptors (Lipinski definition) is 1. The number of rotatable bonds is 8. The Bertz CT molecular complexity index is 784. The van der Waals surface area contributed by atoms with E-state index < -0.39 is 16.4 Å². The van der Waals surface area contributed by atoms with Gasteiger partial charge in [0.15, 0.2) is 8.32 Å². The Kier molecular flexibility index (Phi) is 7.89. The summed E-state index contributed by atoms with van der Waals surface area (Å²) in [5, 5.41) is 1.74. The van der Waals surface area contributed by atoms with E-state index in [-0.39, 0.29) is 11.1 Å². The molecular weight excluding hydrogens is 384 g/mol. The van der Waals surface area contributed by atoms with Crippen molar-refractivity contribution in [3.63, 3.8) is 0 Å². The smallest absolute Gasteiger partial charge is 0.192 e. The first kappa shape index (κ1) is 23.8. The molecule has 0 aliphatic heterocycles. The largest absolute Gasteiger partial charge is 0.410 e. The molecule has 0 saturated carbocycles. The molecule has 0 bridgehead atoms. The van der Waals surface area contributed by atoms with E-state index in [1.807, 2.05) is 0 Å². The first-order valence-electron chi connectivity index (χ1n) is 10.9. The van der Waals surface area contributed by atoms with Crippen molar-refractivity contribution in [3.8, 4) is 0 Å². The topological polar surface area (TPSA) is 9.23 Å². The van der Waals surface area contributed by atoms with E-state index in [4.69, 9.17) is 4.43 Å². The normalized spacial score (nSPS) is 14.3. The van der Waals surface area contributed by atoms with Crippen molar-refractivity contribution in [1.82, 2.24) is 0 Å². The molecule has 0 fully saturated rings. The minimum Gasteiger partial charge on any atom is -0.410 e. The zero-order valence-electron chi connectivity index (χ0n) is 19.8. The van der Waals surface area contributed by atoms with Crippen LogP contribution in [-0.2, 0) is 4.43 Å². The van der Waals surface area contributed by atoms with Gasteiger partial charge >= 0.3 is 0 Å². The third kappa shape index (κ3) is 6.80. The van der Waals surface area contributed by atoms with Crippen LogP contribution in [0, 0.1) is 6.92 Å². The van der Waals surface area contributed by atoms with Crippen LogP contribution >= 0.6 is 0 Å². The lowest BCUT2D eigenvalue weighted by Crippen LogP contribution is -2.41. The molecule has 158 valence electrons. The summed E-state index contributed by atoms with van der Waals surface area (Å²) in [6, 6.07) is 21.0. The molecule has 0 aromatic heterocycles. The van der Waals surface area contributed by atoms with Crippen molar-refractivity contribution in [2.75, 3.05) is 0 Å². The van der Waals surface area contributed by atoms with E-state index in [0.29, 0.717) is 0 Å². The van der Waals surface area contributed by atoms with Crippen LogP contribution in [0.3, 0.4) is 0 Å². The minimum absolute atomic E-state index is 0.134. The lowest BCUT2D eigenvalue weighted by Gasteiger charge is -2.39. The van der Waals surface area contributed by atoms with Crippen LogP contribution in [0.1, 0.15) is 44.4 Å². The van der Waals surface area contributed by atoms with Crippen molar-refractivity contribution in [2.24, 2.45) is 0 Å². The Hall–Kier alpha value is -1.43. The van der Waals surface area contributed by atoms with Gasteiger partial charge in [0, 0.05) is 0 Å². The summed E-state index contributed by atoms with van der Waals surface area (Å²) in [7, 11) is -3.27. The Labute approximate surface area is 181 Å². The van der Waals surface area contributed by atoms with Crippen LogP contribution < -0.4 is 5.19 Å². The van der Waals surface area contributed by atoms with E-state index in [2.05, 4.69) is 121 Å². The van der Waals surface area contributed by atoms with Gasteiger partial charge in [0.05, 0.1) is 14.2 Å². The van der Waals surface area contributed by atoms with Gasteiger partial charge in [-0.1, -0.05) is 111 Å². The Morgan fingerprint density at radius 3 is 2.00 bits per heavy atom. The fourth-order valence-electron chi connectivity index (χ4n) is 3.17. The summed E-state index contributed by atoms with van der Waals surface area (Å²) in [5.74, 6) is 0. The van der Waals surface area contributed by atoms with E-state index in [9.17, 15) is 0 Å². The van der Waals surface area contributed by atoms with Gasteiger partial charge in [-0.15, -0.1) is 0 Å². The second-order valence-electron chi connectivity index (χ2n) is 10.4. The van der Waals surface area contributed by atoms with Crippen LogP contribution in [0.15, 0.2) is 66.7 Å². The SMILES string of the molecule is Cc1ccc(C(C/C=C/C[Si](C)(C)c2ccccc2)O[Si](C)(C)C(C)(C)C)cc1. The van der Waals surface area contributed by atoms with E-state index >= 15 is 0 Å². The molecule has 3 heteroatoms. The zero-order chi connectivity index (χ0) is 21.7. The zero-order valence-corrected chi connectivity index (χ0v) is 21.8. The highest BCUT2D eigenvalue weighted by Crippen LogP contribution is 2.40. The molecule has 0 N–H and O–H groups in total. The fourth-order valence-corrected chi connectivity index (χ4v) is 6.55. The second kappa shape index (κ2) is 9.59. The molecule has 2 rings (SSSR count). The van der Waals surface area contributed by atoms with Crippen LogP contribution in [0.2, 0.25) is 37.3 Å². The van der Waals surface area contributed by atoms with Crippen molar-refractivity contribution in [1.29, 1.82) is 0 Å². The third-order valence-corrected chi connectivity index (χ3v) is 14.0. The molecule has 0 aliphatic carbocycles. The summed E-state index contributed by atoms with van der Waals surface area (Å²) < 4.78 is 6.84. The standard InChI is InChI=1S/C26H40OSi2/c1-22-17-19-23(20-18-22)25(27-29(7,8)26(2,3)4)16-12-13-21-28(5,6)24-14-10-9-11-15-24/h9-15,17-20,25H,16,21H2,1-8H3/b13-12+. The summed E-state index contributed by atoms with van der Waals surface area (Å²) in [4.78, 5) is 0. The molecule has 0 radical (unpaired) electrons. The van der Waals surface area contributed by atoms with Crippen molar-refractivity contribution >= 4 is 21.6 Å². The molecule has 2 aromatic rings. The Morgan fingerprint density at radius 1 is 0.862 bits per heavy atom. The molecule has 1 unspecified atom stereocenters. The lowest BCUT2D eigenvalue weighted by molar-refractivity contribution is 0.186. The van der Waals surface area contributed by atoms with Crippen LogP contribution in [0.25, 0.3) is 0 Å². The average Bonchev–Trinajstić information content (AvgIpc) is 2.64. The number of hydrogen-bond donors (Lipinski definition) is 0. The van der Waals surface area contributed by atoms with Gasteiger partial charge in [-0.3, -0.25) is 0 Å². The molecule has 0 aliphatic rings. The van der Waals surface area contributed by atoms with Gasteiger partial charge < -0.3 is 4.43 Å². The molecule has 0 spiro atoms. The summed E-state index contributed by atoms with van der Waals surface area (Å²) in [5.41, 5.74) is 2.59. The molecule has 1 atom stereocenters. The lowest BCUT2D eigenvalue weighted by atomic mass is 10.1. The highest BCUT2D eigenvalue weighted by molar-refractivity contribution is 6.90. The predicted octanol–water partition coefficient (Wildman–Crippen LogP) is 7.62. The quantitative estimate of drug-likeness (QED) is 0.313. The first-order valence-corrected chi connectivity index (χ1v) is 17.0. The minimum atomic E-state index is -1.84. The second-order valence-corrected chi connectivity index (χ2v) is 19.9. The molecule has 2 aromatic carbocycles. The van der Waals surface area contributed by atoms with Gasteiger partial charge in [-0.05, 0) is 43.1 Å². The molecule has 1 nitrogen and oxygen atoms in total. The fraction of sp³-hybridized carbons (Fsp3) is 0.462. The van der Waals surface area contributed by atoms with E-state index in [1.165, 1.54) is 16.3 Å². The van der Waals surface area contributed by atoms with E-state index in [0.717, 1.165) is 12.5 Å². The monoisotopic (exact) mass is 424 g/mol. The van der Waals surface area contributed by atoms with Crippen molar-refractivity contribution in [3.05, 3.63) is 77.9 Å². The number of benzene rings is 2. The van der Waals surface area contributed by atoms with Crippen molar-refractivity contribution in [2.45, 2.75) is 77.5 Å². The Balaban J connectivity index is 2.13. The number of aryl methyl sites for hydroxylation is 1. The molecule has 0 saturated heterocycles. The van der Waals surface area contributed by atoms with Crippen LogP contribution in [0.5, 0.6) is 0 Å². The average molecular weight is 425 g/mol. The maximum Gasteiger partial charge on any atom is 0.192 e. The summed E-state index contributed by atoms with van der Waals surface area (Å²) >= 11 is 0. The van der Waals surface area contributed by atoms with Gasteiger partial charge in [-0.2, -0.15) is 0 Å². The highest BCUT2D eigenvalue weighted by atomic mass is 28.4. The first-order chi connectivity index (χ1) is 13.4.